The second kappa shape index (κ2) is 7.94. The fraction of sp³-hybridized carbons (Fsp3) is 0.529. The summed E-state index contributed by atoms with van der Waals surface area (Å²) >= 11 is 0. The van der Waals surface area contributed by atoms with Crippen molar-refractivity contribution in [3.05, 3.63) is 29.8 Å². The number of hydrogen-bond acceptors (Lipinski definition) is 3. The Balaban J connectivity index is 1.88. The smallest absolute Gasteiger partial charge is 0.148 e. The molecule has 1 aromatic carbocycles. The minimum absolute atomic E-state index is 0.312. The first-order valence-electron chi connectivity index (χ1n) is 7.26. The molecule has 1 saturated heterocycles. The lowest BCUT2D eigenvalue weighted by Gasteiger charge is -2.28. The molecular weight excluding hydrogens is 250 g/mol. The fourth-order valence-electron chi connectivity index (χ4n) is 2.56. The van der Waals surface area contributed by atoms with Crippen LogP contribution >= 0.6 is 0 Å². The van der Waals surface area contributed by atoms with Gasteiger partial charge in [0.1, 0.15) is 12.4 Å². The summed E-state index contributed by atoms with van der Waals surface area (Å²) in [5, 5.41) is 3.60. The van der Waals surface area contributed by atoms with E-state index in [1.807, 2.05) is 18.2 Å². The highest BCUT2D eigenvalue weighted by molar-refractivity contribution is 5.33. The molecule has 108 valence electrons. The van der Waals surface area contributed by atoms with Gasteiger partial charge >= 0.3 is 0 Å². The molecule has 3 heteroatoms. The molecule has 1 atom stereocenters. The zero-order chi connectivity index (χ0) is 14.2. The molecule has 0 saturated carbocycles. The maximum atomic E-state index is 5.57. The molecule has 3 nitrogen and oxygen atoms in total. The van der Waals surface area contributed by atoms with E-state index < -0.39 is 0 Å². The van der Waals surface area contributed by atoms with Crippen LogP contribution in [0.5, 0.6) is 5.75 Å². The van der Waals surface area contributed by atoms with E-state index in [0.29, 0.717) is 18.6 Å². The number of para-hydroxylation sites is 1. The summed E-state index contributed by atoms with van der Waals surface area (Å²) in [4.78, 5) is 0. The predicted molar refractivity (Wildman–Crippen MR) is 80.6 cm³/mol. The Morgan fingerprint density at radius 1 is 1.40 bits per heavy atom. The van der Waals surface area contributed by atoms with Gasteiger partial charge in [-0.3, -0.25) is 0 Å². The molecule has 1 N–H and O–H groups in total. The van der Waals surface area contributed by atoms with Crippen LogP contribution in [-0.4, -0.2) is 25.9 Å². The third kappa shape index (κ3) is 4.26. The van der Waals surface area contributed by atoms with Gasteiger partial charge in [0.15, 0.2) is 0 Å². The molecule has 0 bridgehead atoms. The van der Waals surface area contributed by atoms with Gasteiger partial charge in [-0.05, 0) is 31.7 Å². The fourth-order valence-corrected chi connectivity index (χ4v) is 2.56. The van der Waals surface area contributed by atoms with E-state index in [1.54, 1.807) is 0 Å². The molecule has 2 rings (SSSR count). The quantitative estimate of drug-likeness (QED) is 0.808. The van der Waals surface area contributed by atoms with Crippen LogP contribution in [0.1, 0.15) is 25.3 Å². The van der Waals surface area contributed by atoms with E-state index in [1.165, 1.54) is 0 Å². The Kier molecular flexibility index (Phi) is 5.91. The van der Waals surface area contributed by atoms with Crippen LogP contribution in [0.25, 0.3) is 0 Å². The lowest BCUT2D eigenvalue weighted by Crippen LogP contribution is -2.36. The zero-order valence-corrected chi connectivity index (χ0v) is 12.1. The van der Waals surface area contributed by atoms with Crippen molar-refractivity contribution in [2.75, 3.05) is 19.8 Å². The predicted octanol–water partition coefficient (Wildman–Crippen LogP) is 2.60. The van der Waals surface area contributed by atoms with Crippen LogP contribution in [0.15, 0.2) is 24.3 Å². The number of hydrogen-bond donors (Lipinski definition) is 1. The summed E-state index contributed by atoms with van der Waals surface area (Å²) in [7, 11) is 0. The SMILES string of the molecule is C#CCOc1ccccc1CNC(C)C1CCOCC1. The van der Waals surface area contributed by atoms with E-state index in [0.717, 1.165) is 43.9 Å². The molecule has 1 fully saturated rings. The molecule has 0 spiro atoms. The van der Waals surface area contributed by atoms with E-state index in [9.17, 15) is 0 Å². The first-order valence-corrected chi connectivity index (χ1v) is 7.26. The van der Waals surface area contributed by atoms with Gasteiger partial charge in [-0.15, -0.1) is 6.42 Å². The van der Waals surface area contributed by atoms with Gasteiger partial charge in [-0.25, -0.2) is 0 Å². The largest absolute Gasteiger partial charge is 0.481 e. The molecule has 1 aromatic rings. The van der Waals surface area contributed by atoms with Gasteiger partial charge in [0, 0.05) is 31.4 Å². The Labute approximate surface area is 121 Å². The number of rotatable bonds is 6. The summed E-state index contributed by atoms with van der Waals surface area (Å²) < 4.78 is 11.0. The topological polar surface area (TPSA) is 30.5 Å². The van der Waals surface area contributed by atoms with Crippen molar-refractivity contribution < 1.29 is 9.47 Å². The Bertz CT molecular complexity index is 447. The van der Waals surface area contributed by atoms with Crippen molar-refractivity contribution in [3.8, 4) is 18.1 Å². The highest BCUT2D eigenvalue weighted by Gasteiger charge is 2.20. The second-order valence-electron chi connectivity index (χ2n) is 5.22. The second-order valence-corrected chi connectivity index (χ2v) is 5.22. The van der Waals surface area contributed by atoms with Crippen molar-refractivity contribution >= 4 is 0 Å². The maximum Gasteiger partial charge on any atom is 0.148 e. The van der Waals surface area contributed by atoms with Gasteiger partial charge in [-0.2, -0.15) is 0 Å². The van der Waals surface area contributed by atoms with Gasteiger partial charge in [0.05, 0.1) is 0 Å². The molecule has 1 aliphatic rings. The summed E-state index contributed by atoms with van der Waals surface area (Å²) in [6.07, 6.45) is 7.53. The molecular formula is C17H23NO2. The Hall–Kier alpha value is -1.50. The highest BCUT2D eigenvalue weighted by atomic mass is 16.5. The molecule has 0 aromatic heterocycles. The Morgan fingerprint density at radius 2 is 2.15 bits per heavy atom. The van der Waals surface area contributed by atoms with Crippen LogP contribution in [0, 0.1) is 18.3 Å². The van der Waals surface area contributed by atoms with Gasteiger partial charge in [0.25, 0.3) is 0 Å². The third-order valence-corrected chi connectivity index (χ3v) is 3.87. The molecule has 1 unspecified atom stereocenters. The molecule has 1 aliphatic heterocycles. The van der Waals surface area contributed by atoms with E-state index in [2.05, 4.69) is 24.2 Å². The van der Waals surface area contributed by atoms with Crippen molar-refractivity contribution in [2.45, 2.75) is 32.4 Å². The van der Waals surface area contributed by atoms with Crippen LogP contribution in [0.4, 0.5) is 0 Å². The van der Waals surface area contributed by atoms with Gasteiger partial charge < -0.3 is 14.8 Å². The van der Waals surface area contributed by atoms with Gasteiger partial charge in [0.2, 0.25) is 0 Å². The van der Waals surface area contributed by atoms with E-state index in [4.69, 9.17) is 15.9 Å². The van der Waals surface area contributed by atoms with Crippen LogP contribution < -0.4 is 10.1 Å². The molecule has 20 heavy (non-hydrogen) atoms. The molecule has 1 heterocycles. The first-order chi connectivity index (χ1) is 9.81. The molecule has 0 amide bonds. The molecule has 0 radical (unpaired) electrons. The molecule has 0 aliphatic carbocycles. The van der Waals surface area contributed by atoms with Crippen LogP contribution in [0.2, 0.25) is 0 Å². The lowest BCUT2D eigenvalue weighted by atomic mass is 9.93. The van der Waals surface area contributed by atoms with E-state index >= 15 is 0 Å². The van der Waals surface area contributed by atoms with Crippen LogP contribution in [-0.2, 0) is 11.3 Å². The number of ether oxygens (including phenoxy) is 2. The number of terminal acetylenes is 1. The van der Waals surface area contributed by atoms with Crippen molar-refractivity contribution in [2.24, 2.45) is 5.92 Å². The number of benzene rings is 1. The minimum Gasteiger partial charge on any atom is -0.481 e. The van der Waals surface area contributed by atoms with Crippen molar-refractivity contribution in [1.82, 2.24) is 5.32 Å². The highest BCUT2D eigenvalue weighted by Crippen LogP contribution is 2.21. The minimum atomic E-state index is 0.312. The van der Waals surface area contributed by atoms with Gasteiger partial charge in [-0.1, -0.05) is 24.1 Å². The summed E-state index contributed by atoms with van der Waals surface area (Å²) in [5.41, 5.74) is 1.15. The first kappa shape index (κ1) is 14.9. The standard InChI is InChI=1S/C17H23NO2/c1-3-10-20-17-7-5-4-6-16(17)13-18-14(2)15-8-11-19-12-9-15/h1,4-7,14-15,18H,8-13H2,2H3. The Morgan fingerprint density at radius 3 is 2.90 bits per heavy atom. The van der Waals surface area contributed by atoms with Crippen LogP contribution in [0.3, 0.4) is 0 Å². The van der Waals surface area contributed by atoms with E-state index in [-0.39, 0.29) is 0 Å². The monoisotopic (exact) mass is 273 g/mol. The van der Waals surface area contributed by atoms with Crippen molar-refractivity contribution in [1.29, 1.82) is 0 Å². The third-order valence-electron chi connectivity index (χ3n) is 3.87. The number of nitrogens with one attached hydrogen (secondary N) is 1. The lowest BCUT2D eigenvalue weighted by molar-refractivity contribution is 0.0557. The summed E-state index contributed by atoms with van der Waals surface area (Å²) in [6, 6.07) is 8.53. The zero-order valence-electron chi connectivity index (χ0n) is 12.1. The van der Waals surface area contributed by atoms with Crippen molar-refractivity contribution in [3.63, 3.8) is 0 Å². The average Bonchev–Trinajstić information content (AvgIpc) is 2.52. The normalized spacial score (nSPS) is 17.4. The summed E-state index contributed by atoms with van der Waals surface area (Å²) in [6.45, 7) is 5.14. The average molecular weight is 273 g/mol. The maximum absolute atomic E-state index is 5.57. The summed E-state index contributed by atoms with van der Waals surface area (Å²) in [5.74, 6) is 4.07.